The van der Waals surface area contributed by atoms with Gasteiger partial charge in [0, 0.05) is 13.5 Å². The molecule has 0 bridgehead atoms. The number of rotatable bonds is 2. The van der Waals surface area contributed by atoms with E-state index in [1.54, 1.807) is 4.90 Å². The van der Waals surface area contributed by atoms with E-state index in [1.807, 2.05) is 0 Å². The Morgan fingerprint density at radius 1 is 1.53 bits per heavy atom. The fraction of sp³-hybridized carbons (Fsp3) is 0.800. The zero-order chi connectivity index (χ0) is 11.1. The monoisotopic (exact) mass is 213 g/mol. The van der Waals surface area contributed by atoms with Crippen molar-refractivity contribution >= 4 is 11.9 Å². The summed E-state index contributed by atoms with van der Waals surface area (Å²) in [6.45, 7) is 2.44. The van der Waals surface area contributed by atoms with Gasteiger partial charge in [-0.05, 0) is 12.8 Å². The van der Waals surface area contributed by atoms with Gasteiger partial charge in [0.05, 0.1) is 24.7 Å². The zero-order valence-electron chi connectivity index (χ0n) is 8.73. The Labute approximate surface area is 88.0 Å². The van der Waals surface area contributed by atoms with Gasteiger partial charge in [0.2, 0.25) is 5.91 Å². The number of carboxylic acids is 1. The standard InChI is InChI=1S/C10H15NO4/c1-7(12)11-5-8(4-9(13)14)15-6-10(11)2-3-10/h8H,2-6H2,1H3,(H,13,14). The zero-order valence-corrected chi connectivity index (χ0v) is 8.73. The summed E-state index contributed by atoms with van der Waals surface area (Å²) in [4.78, 5) is 23.7. The quantitative estimate of drug-likeness (QED) is 0.713. The lowest BCUT2D eigenvalue weighted by atomic mass is 10.1. The van der Waals surface area contributed by atoms with Crippen LogP contribution in [-0.2, 0) is 14.3 Å². The minimum atomic E-state index is -0.879. The molecular formula is C10H15NO4. The highest BCUT2D eigenvalue weighted by Crippen LogP contribution is 2.44. The predicted molar refractivity (Wildman–Crippen MR) is 51.3 cm³/mol. The van der Waals surface area contributed by atoms with Crippen LogP contribution in [0.1, 0.15) is 26.2 Å². The fourth-order valence-corrected chi connectivity index (χ4v) is 2.14. The van der Waals surface area contributed by atoms with Gasteiger partial charge in [-0.3, -0.25) is 9.59 Å². The number of morpholine rings is 1. The number of hydrogen-bond acceptors (Lipinski definition) is 3. The molecule has 1 saturated heterocycles. The average molecular weight is 213 g/mol. The molecule has 0 aromatic rings. The summed E-state index contributed by atoms with van der Waals surface area (Å²) in [5.41, 5.74) is -0.0964. The van der Waals surface area contributed by atoms with E-state index in [9.17, 15) is 9.59 Å². The fourth-order valence-electron chi connectivity index (χ4n) is 2.14. The van der Waals surface area contributed by atoms with Crippen LogP contribution in [0.5, 0.6) is 0 Å². The van der Waals surface area contributed by atoms with Crippen molar-refractivity contribution in [2.24, 2.45) is 0 Å². The van der Waals surface area contributed by atoms with Gasteiger partial charge in [-0.2, -0.15) is 0 Å². The van der Waals surface area contributed by atoms with Crippen molar-refractivity contribution < 1.29 is 19.4 Å². The number of aliphatic carboxylic acids is 1. The van der Waals surface area contributed by atoms with E-state index in [0.29, 0.717) is 13.2 Å². The summed E-state index contributed by atoms with van der Waals surface area (Å²) < 4.78 is 5.47. The highest BCUT2D eigenvalue weighted by molar-refractivity contribution is 5.75. The van der Waals surface area contributed by atoms with Crippen molar-refractivity contribution in [1.29, 1.82) is 0 Å². The molecule has 1 heterocycles. The molecule has 15 heavy (non-hydrogen) atoms. The van der Waals surface area contributed by atoms with Crippen LogP contribution in [-0.4, -0.2) is 46.7 Å². The summed E-state index contributed by atoms with van der Waals surface area (Å²) in [5, 5.41) is 8.65. The first kappa shape index (κ1) is 10.4. The molecule has 1 saturated carbocycles. The molecule has 1 atom stereocenters. The van der Waals surface area contributed by atoms with Crippen LogP contribution in [0.3, 0.4) is 0 Å². The molecular weight excluding hydrogens is 198 g/mol. The summed E-state index contributed by atoms with van der Waals surface area (Å²) in [7, 11) is 0. The van der Waals surface area contributed by atoms with Crippen molar-refractivity contribution in [3.05, 3.63) is 0 Å². The number of nitrogens with zero attached hydrogens (tertiary/aromatic N) is 1. The van der Waals surface area contributed by atoms with Crippen LogP contribution in [0.25, 0.3) is 0 Å². The van der Waals surface area contributed by atoms with Gasteiger partial charge in [-0.15, -0.1) is 0 Å². The van der Waals surface area contributed by atoms with Crippen molar-refractivity contribution in [3.63, 3.8) is 0 Å². The number of carbonyl (C=O) groups excluding carboxylic acids is 1. The van der Waals surface area contributed by atoms with Crippen LogP contribution in [0.2, 0.25) is 0 Å². The summed E-state index contributed by atoms with van der Waals surface area (Å²) in [5.74, 6) is -0.860. The molecule has 84 valence electrons. The minimum absolute atomic E-state index is 0.0196. The summed E-state index contributed by atoms with van der Waals surface area (Å²) in [6, 6.07) is 0. The number of hydrogen-bond donors (Lipinski definition) is 1. The summed E-state index contributed by atoms with van der Waals surface area (Å²) >= 11 is 0. The largest absolute Gasteiger partial charge is 0.481 e. The molecule has 2 aliphatic rings. The minimum Gasteiger partial charge on any atom is -0.481 e. The molecule has 1 N–H and O–H groups in total. The van der Waals surface area contributed by atoms with Gasteiger partial charge in [0.15, 0.2) is 0 Å². The normalized spacial score (nSPS) is 27.8. The molecule has 5 nitrogen and oxygen atoms in total. The Bertz CT molecular complexity index is 298. The molecule has 0 aromatic heterocycles. The predicted octanol–water partition coefficient (Wildman–Crippen LogP) is 0.241. The lowest BCUT2D eigenvalue weighted by molar-refractivity contribution is -0.153. The Balaban J connectivity index is 2.00. The maximum absolute atomic E-state index is 11.4. The average Bonchev–Trinajstić information content (AvgIpc) is 2.88. The van der Waals surface area contributed by atoms with Gasteiger partial charge in [-0.25, -0.2) is 0 Å². The van der Waals surface area contributed by atoms with E-state index < -0.39 is 5.97 Å². The molecule has 2 fully saturated rings. The van der Waals surface area contributed by atoms with Gasteiger partial charge in [0.1, 0.15) is 0 Å². The first-order valence-electron chi connectivity index (χ1n) is 5.15. The van der Waals surface area contributed by atoms with E-state index in [-0.39, 0.29) is 24.0 Å². The molecule has 5 heteroatoms. The second-order valence-corrected chi connectivity index (χ2v) is 4.38. The topological polar surface area (TPSA) is 66.8 Å². The molecule has 2 rings (SSSR count). The summed E-state index contributed by atoms with van der Waals surface area (Å²) in [6.07, 6.45) is 1.58. The molecule has 1 unspecified atom stereocenters. The molecule has 1 spiro atoms. The van der Waals surface area contributed by atoms with Gasteiger partial charge < -0.3 is 14.7 Å². The lowest BCUT2D eigenvalue weighted by Gasteiger charge is -2.39. The van der Waals surface area contributed by atoms with Gasteiger partial charge in [0.25, 0.3) is 0 Å². The van der Waals surface area contributed by atoms with Crippen molar-refractivity contribution in [2.75, 3.05) is 13.2 Å². The van der Waals surface area contributed by atoms with E-state index in [2.05, 4.69) is 0 Å². The van der Waals surface area contributed by atoms with Crippen LogP contribution in [0.15, 0.2) is 0 Å². The smallest absolute Gasteiger partial charge is 0.306 e. The van der Waals surface area contributed by atoms with Crippen LogP contribution in [0.4, 0.5) is 0 Å². The van der Waals surface area contributed by atoms with Crippen LogP contribution in [0, 0.1) is 0 Å². The third-order valence-electron chi connectivity index (χ3n) is 3.16. The Morgan fingerprint density at radius 2 is 2.20 bits per heavy atom. The SMILES string of the molecule is CC(=O)N1CC(CC(=O)O)OCC12CC2. The third kappa shape index (κ3) is 1.97. The Hall–Kier alpha value is -1.10. The number of amides is 1. The van der Waals surface area contributed by atoms with Crippen molar-refractivity contribution in [1.82, 2.24) is 4.90 Å². The van der Waals surface area contributed by atoms with E-state index in [1.165, 1.54) is 6.92 Å². The van der Waals surface area contributed by atoms with Crippen molar-refractivity contribution in [2.45, 2.75) is 37.8 Å². The number of carboxylic acid groups (broad SMARTS) is 1. The molecule has 1 amide bonds. The second kappa shape index (κ2) is 3.48. The second-order valence-electron chi connectivity index (χ2n) is 4.38. The van der Waals surface area contributed by atoms with Crippen LogP contribution >= 0.6 is 0 Å². The molecule has 1 aliphatic heterocycles. The van der Waals surface area contributed by atoms with E-state index in [4.69, 9.17) is 9.84 Å². The van der Waals surface area contributed by atoms with Crippen molar-refractivity contribution in [3.8, 4) is 0 Å². The first-order valence-corrected chi connectivity index (χ1v) is 5.15. The number of ether oxygens (including phenoxy) is 1. The highest BCUT2D eigenvalue weighted by Gasteiger charge is 2.53. The Morgan fingerprint density at radius 3 is 2.67 bits per heavy atom. The lowest BCUT2D eigenvalue weighted by Crippen LogP contribution is -2.53. The Kier molecular flexibility index (Phi) is 2.42. The maximum Gasteiger partial charge on any atom is 0.306 e. The third-order valence-corrected chi connectivity index (χ3v) is 3.16. The first-order chi connectivity index (χ1) is 7.03. The molecule has 0 aromatic carbocycles. The van der Waals surface area contributed by atoms with Gasteiger partial charge >= 0.3 is 5.97 Å². The molecule has 1 aliphatic carbocycles. The van der Waals surface area contributed by atoms with E-state index >= 15 is 0 Å². The maximum atomic E-state index is 11.4. The number of carbonyl (C=O) groups is 2. The van der Waals surface area contributed by atoms with Crippen LogP contribution < -0.4 is 0 Å². The van der Waals surface area contributed by atoms with E-state index in [0.717, 1.165) is 12.8 Å². The molecule has 0 radical (unpaired) electrons. The van der Waals surface area contributed by atoms with Gasteiger partial charge in [-0.1, -0.05) is 0 Å². The highest BCUT2D eigenvalue weighted by atomic mass is 16.5.